The molecule has 0 saturated heterocycles. The van der Waals surface area contributed by atoms with Crippen molar-refractivity contribution >= 4 is 23.2 Å². The predicted octanol–water partition coefficient (Wildman–Crippen LogP) is 4.60. The molecule has 1 unspecified atom stereocenters. The van der Waals surface area contributed by atoms with Crippen molar-refractivity contribution in [3.8, 4) is 5.75 Å². The van der Waals surface area contributed by atoms with Crippen LogP contribution in [0.4, 0.5) is 4.39 Å². The summed E-state index contributed by atoms with van der Waals surface area (Å²) >= 11 is 12.2. The third kappa shape index (κ3) is 4.10. The van der Waals surface area contributed by atoms with E-state index in [4.69, 9.17) is 33.7 Å². The average Bonchev–Trinajstić information content (AvgIpc) is 2.41. The lowest BCUT2D eigenvalue weighted by molar-refractivity contribution is 0.296. The highest BCUT2D eigenvalue weighted by Crippen LogP contribution is 2.29. The second-order valence-electron chi connectivity index (χ2n) is 4.89. The zero-order valence-electron chi connectivity index (χ0n) is 11.6. The van der Waals surface area contributed by atoms with E-state index in [1.54, 1.807) is 30.3 Å². The molecule has 0 spiro atoms. The molecular weight excluding hydrogens is 312 g/mol. The molecule has 0 aliphatic heterocycles. The number of benzene rings is 2. The van der Waals surface area contributed by atoms with Crippen molar-refractivity contribution in [2.45, 2.75) is 26.0 Å². The minimum absolute atomic E-state index is 0.0395. The normalized spacial score (nSPS) is 12.2. The molecule has 2 aromatic carbocycles. The molecule has 0 aliphatic carbocycles. The molecule has 0 saturated carbocycles. The summed E-state index contributed by atoms with van der Waals surface area (Å²) in [5.74, 6) is 0.206. The van der Waals surface area contributed by atoms with E-state index in [2.05, 4.69) is 0 Å². The molecule has 2 rings (SSSR count). The smallest absolute Gasteiger partial charge is 0.131 e. The van der Waals surface area contributed by atoms with Gasteiger partial charge in [0, 0.05) is 22.2 Å². The van der Waals surface area contributed by atoms with E-state index in [-0.39, 0.29) is 12.6 Å². The van der Waals surface area contributed by atoms with Crippen LogP contribution in [0.5, 0.6) is 5.75 Å². The molecule has 0 amide bonds. The quantitative estimate of drug-likeness (QED) is 0.870. The van der Waals surface area contributed by atoms with Crippen molar-refractivity contribution in [2.24, 2.45) is 5.73 Å². The molecule has 0 radical (unpaired) electrons. The summed E-state index contributed by atoms with van der Waals surface area (Å²) in [6, 6.07) is 9.84. The molecule has 2 nitrogen and oxygen atoms in total. The van der Waals surface area contributed by atoms with Crippen LogP contribution in [0.25, 0.3) is 0 Å². The lowest BCUT2D eigenvalue weighted by Gasteiger charge is -2.15. The van der Waals surface area contributed by atoms with Crippen LogP contribution in [0.15, 0.2) is 36.4 Å². The molecule has 21 heavy (non-hydrogen) atoms. The van der Waals surface area contributed by atoms with Gasteiger partial charge in [0.2, 0.25) is 0 Å². The van der Waals surface area contributed by atoms with Gasteiger partial charge in [-0.2, -0.15) is 0 Å². The topological polar surface area (TPSA) is 35.2 Å². The Morgan fingerprint density at radius 2 is 1.71 bits per heavy atom. The summed E-state index contributed by atoms with van der Waals surface area (Å²) in [6.45, 7) is 1.93. The Balaban J connectivity index is 2.22. The van der Waals surface area contributed by atoms with Crippen molar-refractivity contribution in [1.29, 1.82) is 0 Å². The summed E-state index contributed by atoms with van der Waals surface area (Å²) in [4.78, 5) is 0. The second kappa shape index (κ2) is 7.12. The first kappa shape index (κ1) is 16.1. The molecule has 1 atom stereocenters. The van der Waals surface area contributed by atoms with Crippen molar-refractivity contribution in [2.75, 3.05) is 0 Å². The van der Waals surface area contributed by atoms with Gasteiger partial charge in [0.15, 0.2) is 0 Å². The van der Waals surface area contributed by atoms with Crippen LogP contribution in [-0.4, -0.2) is 6.04 Å². The van der Waals surface area contributed by atoms with E-state index in [1.807, 2.05) is 6.92 Å². The number of ether oxygens (including phenoxy) is 1. The first-order valence-corrected chi connectivity index (χ1v) is 7.33. The van der Waals surface area contributed by atoms with Gasteiger partial charge in [-0.3, -0.25) is 0 Å². The summed E-state index contributed by atoms with van der Waals surface area (Å²) in [7, 11) is 0. The van der Waals surface area contributed by atoms with Crippen LogP contribution < -0.4 is 10.5 Å². The molecule has 0 bridgehead atoms. The first-order chi connectivity index (χ1) is 9.99. The Morgan fingerprint density at radius 1 is 1.10 bits per heavy atom. The molecule has 0 fully saturated rings. The zero-order valence-corrected chi connectivity index (χ0v) is 13.1. The summed E-state index contributed by atoms with van der Waals surface area (Å²) < 4.78 is 19.4. The van der Waals surface area contributed by atoms with Gasteiger partial charge >= 0.3 is 0 Å². The van der Waals surface area contributed by atoms with Gasteiger partial charge in [0.25, 0.3) is 0 Å². The predicted molar refractivity (Wildman–Crippen MR) is 84.5 cm³/mol. The Kier molecular flexibility index (Phi) is 5.45. The fraction of sp³-hybridized carbons (Fsp3) is 0.250. The molecular formula is C16H16Cl2FNO. The standard InChI is InChI=1S/C16H16Cl2FNO/c1-10(20)8-11-13(17)5-3-7-16(11)21-9-12-14(18)4-2-6-15(12)19/h2-7,10H,8-9,20H2,1H3. The molecule has 112 valence electrons. The van der Waals surface area contributed by atoms with Crippen LogP contribution in [0.1, 0.15) is 18.1 Å². The maximum absolute atomic E-state index is 13.7. The van der Waals surface area contributed by atoms with Gasteiger partial charge < -0.3 is 10.5 Å². The highest BCUT2D eigenvalue weighted by molar-refractivity contribution is 6.31. The summed E-state index contributed by atoms with van der Waals surface area (Å²) in [5, 5.41) is 0.926. The monoisotopic (exact) mass is 327 g/mol. The first-order valence-electron chi connectivity index (χ1n) is 6.57. The van der Waals surface area contributed by atoms with Crippen LogP contribution >= 0.6 is 23.2 Å². The Hall–Kier alpha value is -1.29. The number of hydrogen-bond donors (Lipinski definition) is 1. The molecule has 0 aromatic heterocycles. The third-order valence-corrected chi connectivity index (χ3v) is 3.74. The Labute approximate surface area is 133 Å². The largest absolute Gasteiger partial charge is 0.488 e. The van der Waals surface area contributed by atoms with Crippen LogP contribution in [0.2, 0.25) is 10.0 Å². The number of halogens is 3. The highest BCUT2D eigenvalue weighted by atomic mass is 35.5. The lowest BCUT2D eigenvalue weighted by atomic mass is 10.1. The lowest BCUT2D eigenvalue weighted by Crippen LogP contribution is -2.18. The average molecular weight is 328 g/mol. The number of hydrogen-bond acceptors (Lipinski definition) is 2. The van der Waals surface area contributed by atoms with Gasteiger partial charge in [-0.1, -0.05) is 35.3 Å². The Bertz CT molecular complexity index is 611. The fourth-order valence-electron chi connectivity index (χ4n) is 2.01. The van der Waals surface area contributed by atoms with E-state index in [0.717, 1.165) is 5.56 Å². The summed E-state index contributed by atoms with van der Waals surface area (Å²) in [6.07, 6.45) is 0.583. The van der Waals surface area contributed by atoms with Crippen LogP contribution in [0, 0.1) is 5.82 Å². The fourth-order valence-corrected chi connectivity index (χ4v) is 2.47. The van der Waals surface area contributed by atoms with Crippen molar-refractivity contribution in [1.82, 2.24) is 0 Å². The molecule has 0 aliphatic rings. The SMILES string of the molecule is CC(N)Cc1c(Cl)cccc1OCc1c(F)cccc1Cl. The van der Waals surface area contributed by atoms with E-state index >= 15 is 0 Å². The van der Waals surface area contributed by atoms with Gasteiger partial charge in [0.1, 0.15) is 18.2 Å². The molecule has 2 aromatic rings. The van der Waals surface area contributed by atoms with Crippen LogP contribution in [0.3, 0.4) is 0 Å². The number of rotatable bonds is 5. The minimum atomic E-state index is -0.390. The maximum Gasteiger partial charge on any atom is 0.131 e. The van der Waals surface area contributed by atoms with E-state index in [1.165, 1.54) is 6.07 Å². The Morgan fingerprint density at radius 3 is 2.33 bits per heavy atom. The van der Waals surface area contributed by atoms with Gasteiger partial charge in [-0.15, -0.1) is 0 Å². The van der Waals surface area contributed by atoms with E-state index in [9.17, 15) is 4.39 Å². The number of nitrogens with two attached hydrogens (primary N) is 1. The summed E-state index contributed by atoms with van der Waals surface area (Å²) in [5.41, 5.74) is 6.97. The highest BCUT2D eigenvalue weighted by Gasteiger charge is 2.13. The van der Waals surface area contributed by atoms with Crippen molar-refractivity contribution in [3.05, 3.63) is 63.4 Å². The molecule has 5 heteroatoms. The van der Waals surface area contributed by atoms with E-state index < -0.39 is 5.82 Å². The van der Waals surface area contributed by atoms with Gasteiger partial charge in [-0.25, -0.2) is 4.39 Å². The van der Waals surface area contributed by atoms with Crippen LogP contribution in [-0.2, 0) is 13.0 Å². The van der Waals surface area contributed by atoms with Gasteiger partial charge in [-0.05, 0) is 37.6 Å². The molecule has 0 heterocycles. The third-order valence-electron chi connectivity index (χ3n) is 3.04. The molecule has 2 N–H and O–H groups in total. The second-order valence-corrected chi connectivity index (χ2v) is 5.70. The van der Waals surface area contributed by atoms with Crippen molar-refractivity contribution < 1.29 is 9.13 Å². The minimum Gasteiger partial charge on any atom is -0.488 e. The van der Waals surface area contributed by atoms with E-state index in [0.29, 0.717) is 27.8 Å². The maximum atomic E-state index is 13.7. The van der Waals surface area contributed by atoms with Gasteiger partial charge in [0.05, 0.1) is 5.02 Å². The van der Waals surface area contributed by atoms with Crippen molar-refractivity contribution in [3.63, 3.8) is 0 Å². The zero-order chi connectivity index (χ0) is 15.4.